The van der Waals surface area contributed by atoms with Crippen LogP contribution in [0.2, 0.25) is 0 Å². The predicted molar refractivity (Wildman–Crippen MR) is 112 cm³/mol. The van der Waals surface area contributed by atoms with E-state index in [9.17, 15) is 4.79 Å². The Labute approximate surface area is 160 Å². The lowest BCUT2D eigenvalue weighted by Gasteiger charge is -2.06. The van der Waals surface area contributed by atoms with E-state index in [1.165, 1.54) is 11.3 Å². The number of aromatic nitrogens is 1. The first kappa shape index (κ1) is 17.1. The van der Waals surface area contributed by atoms with Crippen molar-refractivity contribution in [1.82, 2.24) is 4.98 Å². The number of para-hydroxylation sites is 2. The van der Waals surface area contributed by atoms with E-state index < -0.39 is 0 Å². The first-order valence-corrected chi connectivity index (χ1v) is 9.34. The van der Waals surface area contributed by atoms with Gasteiger partial charge in [0, 0.05) is 16.6 Å². The van der Waals surface area contributed by atoms with E-state index in [0.29, 0.717) is 22.8 Å². The topological polar surface area (TPSA) is 80.0 Å². The van der Waals surface area contributed by atoms with E-state index in [1.807, 2.05) is 54.6 Å². The van der Waals surface area contributed by atoms with Gasteiger partial charge in [-0.3, -0.25) is 9.78 Å². The van der Waals surface area contributed by atoms with Gasteiger partial charge in [0.1, 0.15) is 0 Å². The number of nitrogens with one attached hydrogen (secondary N) is 2. The number of carbonyl (C=O) groups excluding carboxylic acids is 1. The maximum Gasteiger partial charge on any atom is 0.265 e. The zero-order valence-corrected chi connectivity index (χ0v) is 15.3. The van der Waals surface area contributed by atoms with Crippen molar-refractivity contribution in [2.24, 2.45) is 0 Å². The molecule has 0 saturated heterocycles. The summed E-state index contributed by atoms with van der Waals surface area (Å²) in [5.41, 5.74) is 9.04. The van der Waals surface area contributed by atoms with Crippen LogP contribution < -0.4 is 16.4 Å². The van der Waals surface area contributed by atoms with Crippen molar-refractivity contribution in [3.63, 3.8) is 0 Å². The van der Waals surface area contributed by atoms with E-state index in [0.717, 1.165) is 21.5 Å². The Bertz CT molecular complexity index is 1090. The van der Waals surface area contributed by atoms with Gasteiger partial charge >= 0.3 is 0 Å². The zero-order valence-electron chi connectivity index (χ0n) is 14.5. The van der Waals surface area contributed by atoms with E-state index in [2.05, 4.69) is 15.6 Å². The average Bonchev–Trinajstić information content (AvgIpc) is 3.12. The van der Waals surface area contributed by atoms with Crippen molar-refractivity contribution >= 4 is 44.4 Å². The van der Waals surface area contributed by atoms with Crippen LogP contribution in [0.15, 0.2) is 72.9 Å². The summed E-state index contributed by atoms with van der Waals surface area (Å²) >= 11 is 1.46. The van der Waals surface area contributed by atoms with Gasteiger partial charge in [-0.05, 0) is 53.9 Å². The minimum atomic E-state index is -0.155. The Morgan fingerprint density at radius 3 is 2.70 bits per heavy atom. The monoisotopic (exact) mass is 374 g/mol. The van der Waals surface area contributed by atoms with Crippen molar-refractivity contribution < 1.29 is 4.79 Å². The Morgan fingerprint density at radius 2 is 1.89 bits per heavy atom. The highest BCUT2D eigenvalue weighted by Crippen LogP contribution is 2.29. The first-order valence-electron chi connectivity index (χ1n) is 8.52. The molecule has 0 fully saturated rings. The molecule has 5 nitrogen and oxygen atoms in total. The second-order valence-corrected chi connectivity index (χ2v) is 7.16. The fourth-order valence-electron chi connectivity index (χ4n) is 2.76. The van der Waals surface area contributed by atoms with Crippen LogP contribution in [0.3, 0.4) is 0 Å². The number of fused-ring (bicyclic) bond motifs is 1. The first-order chi connectivity index (χ1) is 13.2. The largest absolute Gasteiger partial charge is 0.397 e. The minimum absolute atomic E-state index is 0.155. The van der Waals surface area contributed by atoms with Gasteiger partial charge in [-0.25, -0.2) is 0 Å². The molecule has 0 aliphatic heterocycles. The molecule has 4 N–H and O–H groups in total. The van der Waals surface area contributed by atoms with Crippen molar-refractivity contribution in [1.29, 1.82) is 0 Å². The molecule has 6 heteroatoms. The smallest absolute Gasteiger partial charge is 0.265 e. The highest BCUT2D eigenvalue weighted by atomic mass is 32.1. The molecule has 1 amide bonds. The molecule has 0 spiro atoms. The molecular formula is C21H18N4OS. The summed E-state index contributed by atoms with van der Waals surface area (Å²) in [5, 5.41) is 7.26. The van der Waals surface area contributed by atoms with E-state index in [1.54, 1.807) is 18.3 Å². The highest BCUT2D eigenvalue weighted by Gasteiger charge is 2.12. The number of pyridine rings is 1. The molecule has 2 heterocycles. The molecule has 4 aromatic rings. The Balaban J connectivity index is 1.50. The third kappa shape index (κ3) is 3.91. The van der Waals surface area contributed by atoms with E-state index in [-0.39, 0.29) is 5.91 Å². The van der Waals surface area contributed by atoms with E-state index in [4.69, 9.17) is 5.73 Å². The summed E-state index contributed by atoms with van der Waals surface area (Å²) in [6.45, 7) is 0.650. The average molecular weight is 374 g/mol. The van der Waals surface area contributed by atoms with Gasteiger partial charge in [0.2, 0.25) is 0 Å². The fraction of sp³-hybridized carbons (Fsp3) is 0.0476. The molecule has 0 unspecified atom stereocenters. The number of hydrogen-bond acceptors (Lipinski definition) is 5. The second-order valence-electron chi connectivity index (χ2n) is 6.08. The molecule has 0 aliphatic carbocycles. The van der Waals surface area contributed by atoms with Gasteiger partial charge in [-0.1, -0.05) is 18.2 Å². The van der Waals surface area contributed by atoms with Crippen molar-refractivity contribution in [3.8, 4) is 0 Å². The summed E-state index contributed by atoms with van der Waals surface area (Å²) in [5.74, 6) is -0.155. The van der Waals surface area contributed by atoms with Crippen LogP contribution in [-0.2, 0) is 6.54 Å². The van der Waals surface area contributed by atoms with Gasteiger partial charge in [0.05, 0.1) is 28.5 Å². The van der Waals surface area contributed by atoms with E-state index >= 15 is 0 Å². The zero-order chi connectivity index (χ0) is 18.6. The van der Waals surface area contributed by atoms with Gasteiger partial charge in [-0.15, -0.1) is 11.3 Å². The lowest BCUT2D eigenvalue weighted by molar-refractivity contribution is 0.103. The van der Waals surface area contributed by atoms with Crippen LogP contribution >= 0.6 is 11.3 Å². The number of rotatable bonds is 5. The molecular weight excluding hydrogens is 356 g/mol. The molecule has 2 aromatic heterocycles. The predicted octanol–water partition coefficient (Wildman–Crippen LogP) is 4.74. The summed E-state index contributed by atoms with van der Waals surface area (Å²) in [6.07, 6.45) is 1.78. The van der Waals surface area contributed by atoms with Gasteiger partial charge < -0.3 is 16.4 Å². The number of amides is 1. The van der Waals surface area contributed by atoms with Crippen LogP contribution in [0.4, 0.5) is 17.1 Å². The summed E-state index contributed by atoms with van der Waals surface area (Å²) in [6, 6.07) is 21.1. The summed E-state index contributed by atoms with van der Waals surface area (Å²) < 4.78 is 1.06. The lowest BCUT2D eigenvalue weighted by atomic mass is 10.2. The molecule has 0 bridgehead atoms. The number of anilines is 3. The van der Waals surface area contributed by atoms with Gasteiger partial charge in [0.25, 0.3) is 5.91 Å². The normalized spacial score (nSPS) is 10.7. The van der Waals surface area contributed by atoms with Crippen molar-refractivity contribution in [2.45, 2.75) is 6.54 Å². The molecule has 134 valence electrons. The maximum atomic E-state index is 12.6. The second kappa shape index (κ2) is 7.47. The number of hydrogen-bond donors (Lipinski definition) is 3. The number of nitrogens with zero attached hydrogens (tertiary/aromatic N) is 1. The van der Waals surface area contributed by atoms with Gasteiger partial charge in [0.15, 0.2) is 0 Å². The standard InChI is InChI=1S/C21H18N4OS/c22-17-6-1-2-7-18(17)25-21(26)20-12-14-11-15(8-9-19(14)27-20)24-13-16-5-3-4-10-23-16/h1-12,24H,13,22H2,(H,25,26). The SMILES string of the molecule is Nc1ccccc1NC(=O)c1cc2cc(NCc3ccccn3)ccc2s1. The highest BCUT2D eigenvalue weighted by molar-refractivity contribution is 7.20. The molecule has 27 heavy (non-hydrogen) atoms. The Kier molecular flexibility index (Phi) is 4.72. The third-order valence-electron chi connectivity index (χ3n) is 4.15. The molecule has 2 aromatic carbocycles. The van der Waals surface area contributed by atoms with Crippen molar-refractivity contribution in [3.05, 3.63) is 83.5 Å². The van der Waals surface area contributed by atoms with Crippen LogP contribution in [0.5, 0.6) is 0 Å². The molecule has 0 atom stereocenters. The van der Waals surface area contributed by atoms with Crippen LogP contribution in [0.25, 0.3) is 10.1 Å². The number of thiophene rings is 1. The quantitative estimate of drug-likeness (QED) is 0.441. The number of benzene rings is 2. The Hall–Kier alpha value is -3.38. The van der Waals surface area contributed by atoms with Gasteiger partial charge in [-0.2, -0.15) is 0 Å². The van der Waals surface area contributed by atoms with Crippen LogP contribution in [0.1, 0.15) is 15.4 Å². The number of nitrogen functional groups attached to an aromatic ring is 1. The minimum Gasteiger partial charge on any atom is -0.397 e. The number of carbonyl (C=O) groups is 1. The maximum absolute atomic E-state index is 12.6. The summed E-state index contributed by atoms with van der Waals surface area (Å²) in [7, 11) is 0. The van der Waals surface area contributed by atoms with Crippen LogP contribution in [-0.4, -0.2) is 10.9 Å². The number of nitrogens with two attached hydrogens (primary N) is 1. The third-order valence-corrected chi connectivity index (χ3v) is 5.26. The molecule has 0 radical (unpaired) electrons. The lowest BCUT2D eigenvalue weighted by Crippen LogP contribution is -2.11. The molecule has 4 rings (SSSR count). The fourth-order valence-corrected chi connectivity index (χ4v) is 3.69. The van der Waals surface area contributed by atoms with Crippen molar-refractivity contribution in [2.75, 3.05) is 16.4 Å². The molecule has 0 saturated carbocycles. The summed E-state index contributed by atoms with van der Waals surface area (Å²) in [4.78, 5) is 17.5. The Morgan fingerprint density at radius 1 is 1.04 bits per heavy atom. The van der Waals surface area contributed by atoms with Crippen LogP contribution in [0, 0.1) is 0 Å². The molecule has 0 aliphatic rings.